The average Bonchev–Trinajstić information content (AvgIpc) is 2.85. The SMILES string of the molecule is CC(C)(C)OC(=O)NCCn1cc(-c2cncc(N)c2)cn1. The van der Waals surface area contributed by atoms with Gasteiger partial charge in [-0.15, -0.1) is 0 Å². The largest absolute Gasteiger partial charge is 0.444 e. The van der Waals surface area contributed by atoms with Crippen LogP contribution in [-0.2, 0) is 11.3 Å². The summed E-state index contributed by atoms with van der Waals surface area (Å²) >= 11 is 0. The van der Waals surface area contributed by atoms with Crippen molar-refractivity contribution >= 4 is 11.8 Å². The van der Waals surface area contributed by atoms with Crippen LogP contribution in [0.25, 0.3) is 11.1 Å². The van der Waals surface area contributed by atoms with E-state index in [0.717, 1.165) is 11.1 Å². The fraction of sp³-hybridized carbons (Fsp3) is 0.400. The number of pyridine rings is 1. The normalized spacial score (nSPS) is 11.2. The molecular formula is C15H21N5O2. The molecular weight excluding hydrogens is 282 g/mol. The maximum Gasteiger partial charge on any atom is 0.407 e. The van der Waals surface area contributed by atoms with Crippen molar-refractivity contribution in [2.75, 3.05) is 12.3 Å². The second kappa shape index (κ2) is 6.46. The fourth-order valence-electron chi connectivity index (χ4n) is 1.84. The summed E-state index contributed by atoms with van der Waals surface area (Å²) in [5, 5.41) is 6.94. The number of rotatable bonds is 4. The van der Waals surface area contributed by atoms with Crippen LogP contribution in [0.15, 0.2) is 30.9 Å². The number of nitrogen functional groups attached to an aromatic ring is 1. The zero-order chi connectivity index (χ0) is 16.2. The van der Waals surface area contributed by atoms with Crippen LogP contribution in [0.1, 0.15) is 20.8 Å². The van der Waals surface area contributed by atoms with E-state index in [4.69, 9.17) is 10.5 Å². The first-order chi connectivity index (χ1) is 10.3. The van der Waals surface area contributed by atoms with Gasteiger partial charge in [-0.3, -0.25) is 9.67 Å². The molecule has 0 unspecified atom stereocenters. The van der Waals surface area contributed by atoms with Gasteiger partial charge in [0.1, 0.15) is 5.60 Å². The summed E-state index contributed by atoms with van der Waals surface area (Å²) < 4.78 is 6.91. The molecule has 0 aliphatic carbocycles. The number of nitrogens with two attached hydrogens (primary N) is 1. The number of alkyl carbamates (subject to hydrolysis) is 1. The number of aromatic nitrogens is 3. The summed E-state index contributed by atoms with van der Waals surface area (Å²) in [5.41, 5.74) is 7.66. The first-order valence-electron chi connectivity index (χ1n) is 7.04. The third kappa shape index (κ3) is 4.76. The van der Waals surface area contributed by atoms with Gasteiger partial charge < -0.3 is 15.8 Å². The minimum absolute atomic E-state index is 0.431. The molecule has 3 N–H and O–H groups in total. The number of hydrogen-bond acceptors (Lipinski definition) is 5. The Morgan fingerprint density at radius 3 is 2.77 bits per heavy atom. The van der Waals surface area contributed by atoms with Gasteiger partial charge in [0.05, 0.1) is 18.4 Å². The molecule has 118 valence electrons. The molecule has 0 atom stereocenters. The van der Waals surface area contributed by atoms with E-state index in [1.165, 1.54) is 0 Å². The number of hydrogen-bond donors (Lipinski definition) is 2. The topological polar surface area (TPSA) is 95.1 Å². The van der Waals surface area contributed by atoms with Crippen molar-refractivity contribution in [1.82, 2.24) is 20.1 Å². The second-order valence-electron chi connectivity index (χ2n) is 5.93. The predicted octanol–water partition coefficient (Wildman–Crippen LogP) is 2.05. The Labute approximate surface area is 129 Å². The van der Waals surface area contributed by atoms with Gasteiger partial charge in [0.15, 0.2) is 0 Å². The molecule has 0 radical (unpaired) electrons. The molecule has 0 fully saturated rings. The van der Waals surface area contributed by atoms with Crippen LogP contribution in [0, 0.1) is 0 Å². The number of ether oxygens (including phenoxy) is 1. The molecule has 0 saturated carbocycles. The Bertz CT molecular complexity index is 645. The van der Waals surface area contributed by atoms with E-state index in [1.54, 1.807) is 23.3 Å². The lowest BCUT2D eigenvalue weighted by atomic mass is 10.1. The number of anilines is 1. The van der Waals surface area contributed by atoms with E-state index in [9.17, 15) is 4.79 Å². The highest BCUT2D eigenvalue weighted by molar-refractivity contribution is 5.67. The summed E-state index contributed by atoms with van der Waals surface area (Å²) in [5.74, 6) is 0. The van der Waals surface area contributed by atoms with Crippen molar-refractivity contribution in [1.29, 1.82) is 0 Å². The second-order valence-corrected chi connectivity index (χ2v) is 5.93. The molecule has 0 aliphatic rings. The van der Waals surface area contributed by atoms with E-state index < -0.39 is 11.7 Å². The van der Waals surface area contributed by atoms with Crippen molar-refractivity contribution in [3.05, 3.63) is 30.9 Å². The minimum atomic E-state index is -0.497. The summed E-state index contributed by atoms with van der Waals surface area (Å²) in [6.45, 7) is 6.46. The Morgan fingerprint density at radius 2 is 2.09 bits per heavy atom. The van der Waals surface area contributed by atoms with Gasteiger partial charge in [0.2, 0.25) is 0 Å². The van der Waals surface area contributed by atoms with Crippen LogP contribution < -0.4 is 11.1 Å². The molecule has 7 heteroatoms. The van der Waals surface area contributed by atoms with Crippen LogP contribution in [0.4, 0.5) is 10.5 Å². The lowest BCUT2D eigenvalue weighted by Gasteiger charge is -2.19. The van der Waals surface area contributed by atoms with E-state index in [0.29, 0.717) is 18.8 Å². The summed E-state index contributed by atoms with van der Waals surface area (Å²) in [6, 6.07) is 1.84. The van der Waals surface area contributed by atoms with Crippen LogP contribution in [0.5, 0.6) is 0 Å². The van der Waals surface area contributed by atoms with Crippen molar-refractivity contribution in [3.63, 3.8) is 0 Å². The summed E-state index contributed by atoms with van der Waals surface area (Å²) in [4.78, 5) is 15.6. The Balaban J connectivity index is 1.87. The van der Waals surface area contributed by atoms with Gasteiger partial charge in [0.25, 0.3) is 0 Å². The monoisotopic (exact) mass is 303 g/mol. The highest BCUT2D eigenvalue weighted by atomic mass is 16.6. The molecule has 0 spiro atoms. The number of nitrogens with one attached hydrogen (secondary N) is 1. The van der Waals surface area contributed by atoms with Gasteiger partial charge in [0, 0.05) is 36.3 Å². The molecule has 2 rings (SSSR count). The fourth-order valence-corrected chi connectivity index (χ4v) is 1.84. The molecule has 0 saturated heterocycles. The van der Waals surface area contributed by atoms with Gasteiger partial charge in [-0.1, -0.05) is 0 Å². The molecule has 2 heterocycles. The Kier molecular flexibility index (Phi) is 4.65. The van der Waals surface area contributed by atoms with Crippen LogP contribution in [0.3, 0.4) is 0 Å². The van der Waals surface area contributed by atoms with E-state index in [1.807, 2.05) is 33.0 Å². The molecule has 1 amide bonds. The van der Waals surface area contributed by atoms with Crippen LogP contribution in [0.2, 0.25) is 0 Å². The van der Waals surface area contributed by atoms with Gasteiger partial charge in [-0.05, 0) is 26.8 Å². The molecule has 0 bridgehead atoms. The van der Waals surface area contributed by atoms with Gasteiger partial charge in [-0.2, -0.15) is 5.10 Å². The van der Waals surface area contributed by atoms with Crippen molar-refractivity contribution < 1.29 is 9.53 Å². The standard InChI is InChI=1S/C15H21N5O2/c1-15(2,3)22-14(21)18-4-5-20-10-12(8-19-20)11-6-13(16)9-17-7-11/h6-10H,4-5,16H2,1-3H3,(H,18,21). The van der Waals surface area contributed by atoms with Crippen molar-refractivity contribution in [2.24, 2.45) is 0 Å². The van der Waals surface area contributed by atoms with Crippen molar-refractivity contribution in [3.8, 4) is 11.1 Å². The average molecular weight is 303 g/mol. The zero-order valence-corrected chi connectivity index (χ0v) is 13.0. The third-order valence-electron chi connectivity index (χ3n) is 2.74. The van der Waals surface area contributed by atoms with Crippen LogP contribution >= 0.6 is 0 Å². The molecule has 0 aliphatic heterocycles. The molecule has 2 aromatic rings. The smallest absolute Gasteiger partial charge is 0.407 e. The minimum Gasteiger partial charge on any atom is -0.444 e. The highest BCUT2D eigenvalue weighted by Gasteiger charge is 2.15. The maximum atomic E-state index is 11.5. The first kappa shape index (κ1) is 15.8. The highest BCUT2D eigenvalue weighted by Crippen LogP contribution is 2.19. The summed E-state index contributed by atoms with van der Waals surface area (Å²) in [7, 11) is 0. The Hall–Kier alpha value is -2.57. The van der Waals surface area contributed by atoms with Gasteiger partial charge in [-0.25, -0.2) is 4.79 Å². The molecule has 0 aromatic carbocycles. The number of amides is 1. The van der Waals surface area contributed by atoms with Crippen molar-refractivity contribution in [2.45, 2.75) is 32.9 Å². The maximum absolute atomic E-state index is 11.5. The molecule has 2 aromatic heterocycles. The summed E-state index contributed by atoms with van der Waals surface area (Å²) in [6.07, 6.45) is 6.52. The third-order valence-corrected chi connectivity index (χ3v) is 2.74. The van der Waals surface area contributed by atoms with E-state index in [-0.39, 0.29) is 0 Å². The quantitative estimate of drug-likeness (QED) is 0.901. The predicted molar refractivity (Wildman–Crippen MR) is 84.1 cm³/mol. The Morgan fingerprint density at radius 1 is 1.32 bits per heavy atom. The lowest BCUT2D eigenvalue weighted by Crippen LogP contribution is -2.34. The zero-order valence-electron chi connectivity index (χ0n) is 13.0. The molecule has 7 nitrogen and oxygen atoms in total. The lowest BCUT2D eigenvalue weighted by molar-refractivity contribution is 0.0525. The number of nitrogens with zero attached hydrogens (tertiary/aromatic N) is 3. The van der Waals surface area contributed by atoms with E-state index in [2.05, 4.69) is 15.4 Å². The number of carbonyl (C=O) groups is 1. The van der Waals surface area contributed by atoms with Crippen LogP contribution in [-0.4, -0.2) is 33.0 Å². The van der Waals surface area contributed by atoms with E-state index >= 15 is 0 Å². The molecule has 22 heavy (non-hydrogen) atoms. The van der Waals surface area contributed by atoms with Gasteiger partial charge >= 0.3 is 6.09 Å². The first-order valence-corrected chi connectivity index (χ1v) is 7.04. The number of carbonyl (C=O) groups excluding carboxylic acids is 1.